The van der Waals surface area contributed by atoms with E-state index in [4.69, 9.17) is 9.72 Å². The first-order chi connectivity index (χ1) is 16.5. The molecule has 1 atom stereocenters. The second kappa shape index (κ2) is 10.5. The molecule has 4 rings (SSSR count). The summed E-state index contributed by atoms with van der Waals surface area (Å²) in [5.74, 6) is 1.82. The third-order valence-electron chi connectivity index (χ3n) is 6.81. The SMILES string of the molecule is CCCCCCCCCn1c(=O)c2c(nc3n2CC(C)CN3c2ccc(OC)cc2)n(C)c1=O. The Labute approximate surface area is 200 Å². The number of rotatable bonds is 10. The van der Waals surface area contributed by atoms with Crippen molar-refractivity contribution < 1.29 is 4.74 Å². The molecule has 0 saturated heterocycles. The van der Waals surface area contributed by atoms with Crippen molar-refractivity contribution in [3.05, 3.63) is 45.1 Å². The Morgan fingerprint density at radius 1 is 1.00 bits per heavy atom. The van der Waals surface area contributed by atoms with Crippen molar-refractivity contribution in [2.75, 3.05) is 18.6 Å². The van der Waals surface area contributed by atoms with Crippen molar-refractivity contribution in [3.63, 3.8) is 0 Å². The van der Waals surface area contributed by atoms with E-state index < -0.39 is 0 Å². The van der Waals surface area contributed by atoms with Gasteiger partial charge in [0.15, 0.2) is 11.2 Å². The van der Waals surface area contributed by atoms with Gasteiger partial charge < -0.3 is 14.2 Å². The predicted octanol–water partition coefficient (Wildman–Crippen LogP) is 4.44. The van der Waals surface area contributed by atoms with Gasteiger partial charge in [-0.1, -0.05) is 52.4 Å². The maximum absolute atomic E-state index is 13.5. The summed E-state index contributed by atoms with van der Waals surface area (Å²) in [7, 11) is 3.36. The van der Waals surface area contributed by atoms with E-state index in [1.54, 1.807) is 14.2 Å². The topological polar surface area (TPSA) is 74.3 Å². The van der Waals surface area contributed by atoms with Crippen LogP contribution in [0, 0.1) is 5.92 Å². The van der Waals surface area contributed by atoms with Crippen molar-refractivity contribution in [1.82, 2.24) is 18.7 Å². The lowest BCUT2D eigenvalue weighted by Gasteiger charge is -2.33. The van der Waals surface area contributed by atoms with Crippen molar-refractivity contribution >= 4 is 22.8 Å². The first-order valence-corrected chi connectivity index (χ1v) is 12.6. The number of aromatic nitrogens is 4. The minimum Gasteiger partial charge on any atom is -0.497 e. The highest BCUT2D eigenvalue weighted by Crippen LogP contribution is 2.33. The summed E-state index contributed by atoms with van der Waals surface area (Å²) in [6.45, 7) is 6.32. The molecule has 1 aliphatic heterocycles. The fourth-order valence-electron chi connectivity index (χ4n) is 4.91. The van der Waals surface area contributed by atoms with Crippen molar-refractivity contribution in [2.45, 2.75) is 71.9 Å². The first kappa shape index (κ1) is 24.1. The van der Waals surface area contributed by atoms with E-state index in [1.807, 2.05) is 28.8 Å². The normalized spacial score (nSPS) is 15.6. The molecule has 8 nitrogen and oxygen atoms in total. The zero-order chi connectivity index (χ0) is 24.2. The number of benzene rings is 1. The number of anilines is 2. The summed E-state index contributed by atoms with van der Waals surface area (Å²) in [5.41, 5.74) is 1.44. The van der Waals surface area contributed by atoms with Gasteiger partial charge in [0.05, 0.1) is 7.11 Å². The Balaban J connectivity index is 1.67. The van der Waals surface area contributed by atoms with Crippen LogP contribution in [-0.4, -0.2) is 32.3 Å². The molecule has 3 heterocycles. The number of nitrogens with zero attached hydrogens (tertiary/aromatic N) is 5. The Morgan fingerprint density at radius 2 is 1.68 bits per heavy atom. The van der Waals surface area contributed by atoms with Crippen molar-refractivity contribution in [3.8, 4) is 5.75 Å². The van der Waals surface area contributed by atoms with Crippen LogP contribution in [0.5, 0.6) is 5.75 Å². The molecule has 0 aliphatic carbocycles. The Bertz CT molecular complexity index is 1240. The van der Waals surface area contributed by atoms with Crippen molar-refractivity contribution in [1.29, 1.82) is 0 Å². The molecule has 0 radical (unpaired) electrons. The molecule has 184 valence electrons. The number of ether oxygens (including phenoxy) is 1. The Kier molecular flexibility index (Phi) is 7.44. The minimum absolute atomic E-state index is 0.230. The van der Waals surface area contributed by atoms with Gasteiger partial charge in [0, 0.05) is 32.4 Å². The maximum Gasteiger partial charge on any atom is 0.332 e. The summed E-state index contributed by atoms with van der Waals surface area (Å²) in [5, 5.41) is 0. The highest BCUT2D eigenvalue weighted by Gasteiger charge is 2.29. The van der Waals surface area contributed by atoms with E-state index >= 15 is 0 Å². The molecule has 8 heteroatoms. The predicted molar refractivity (Wildman–Crippen MR) is 136 cm³/mol. The van der Waals surface area contributed by atoms with Gasteiger partial charge in [-0.2, -0.15) is 4.98 Å². The number of unbranched alkanes of at least 4 members (excludes halogenated alkanes) is 6. The molecule has 3 aromatic rings. The second-order valence-electron chi connectivity index (χ2n) is 9.53. The second-order valence-corrected chi connectivity index (χ2v) is 9.53. The molecule has 0 spiro atoms. The maximum atomic E-state index is 13.5. The van der Waals surface area contributed by atoms with Crippen LogP contribution < -0.4 is 20.9 Å². The summed E-state index contributed by atoms with van der Waals surface area (Å²) < 4.78 is 10.2. The van der Waals surface area contributed by atoms with Crippen LogP contribution in [0.1, 0.15) is 58.8 Å². The summed E-state index contributed by atoms with van der Waals surface area (Å²) >= 11 is 0. The third kappa shape index (κ3) is 4.63. The molecule has 1 aliphatic rings. The Morgan fingerprint density at radius 3 is 2.35 bits per heavy atom. The highest BCUT2D eigenvalue weighted by atomic mass is 16.5. The van der Waals surface area contributed by atoms with E-state index in [0.29, 0.717) is 36.1 Å². The lowest BCUT2D eigenvalue weighted by Crippen LogP contribution is -2.40. The fourth-order valence-corrected chi connectivity index (χ4v) is 4.91. The van der Waals surface area contributed by atoms with Gasteiger partial charge in [0.1, 0.15) is 5.75 Å². The molecule has 0 bridgehead atoms. The zero-order valence-corrected chi connectivity index (χ0v) is 20.9. The zero-order valence-electron chi connectivity index (χ0n) is 20.9. The minimum atomic E-state index is -0.289. The number of hydrogen-bond donors (Lipinski definition) is 0. The van der Waals surface area contributed by atoms with E-state index in [0.717, 1.165) is 37.2 Å². The van der Waals surface area contributed by atoms with Crippen LogP contribution in [0.3, 0.4) is 0 Å². The van der Waals surface area contributed by atoms with Crippen LogP contribution in [0.25, 0.3) is 11.2 Å². The van der Waals surface area contributed by atoms with Crippen LogP contribution >= 0.6 is 0 Å². The average Bonchev–Trinajstić information content (AvgIpc) is 3.23. The molecule has 0 fully saturated rings. The number of fused-ring (bicyclic) bond motifs is 3. The largest absolute Gasteiger partial charge is 0.497 e. The lowest BCUT2D eigenvalue weighted by molar-refractivity contribution is 0.414. The molecule has 2 aromatic heterocycles. The third-order valence-corrected chi connectivity index (χ3v) is 6.81. The van der Waals surface area contributed by atoms with E-state index in [-0.39, 0.29) is 11.2 Å². The molecule has 0 amide bonds. The quantitative estimate of drug-likeness (QED) is 0.412. The van der Waals surface area contributed by atoms with Crippen molar-refractivity contribution in [2.24, 2.45) is 13.0 Å². The molecule has 0 saturated carbocycles. The van der Waals surface area contributed by atoms with Gasteiger partial charge in [0.2, 0.25) is 5.95 Å². The summed E-state index contributed by atoms with van der Waals surface area (Å²) in [4.78, 5) is 33.5. The number of hydrogen-bond acceptors (Lipinski definition) is 5. The van der Waals surface area contributed by atoms with Gasteiger partial charge >= 0.3 is 5.69 Å². The van der Waals surface area contributed by atoms with Gasteiger partial charge in [-0.25, -0.2) is 4.79 Å². The van der Waals surface area contributed by atoms with Crippen LogP contribution in [-0.2, 0) is 20.1 Å². The number of aryl methyl sites for hydroxylation is 1. The van der Waals surface area contributed by atoms with Gasteiger partial charge in [-0.15, -0.1) is 0 Å². The molecule has 34 heavy (non-hydrogen) atoms. The highest BCUT2D eigenvalue weighted by molar-refractivity contribution is 5.77. The number of imidazole rings is 1. The van der Waals surface area contributed by atoms with Gasteiger partial charge in [-0.3, -0.25) is 13.9 Å². The van der Waals surface area contributed by atoms with Gasteiger partial charge in [-0.05, 0) is 36.6 Å². The Hall–Kier alpha value is -3.03. The first-order valence-electron chi connectivity index (χ1n) is 12.6. The van der Waals surface area contributed by atoms with Crippen LogP contribution in [0.4, 0.5) is 11.6 Å². The van der Waals surface area contributed by atoms with Gasteiger partial charge in [0.25, 0.3) is 5.56 Å². The summed E-state index contributed by atoms with van der Waals surface area (Å²) in [6, 6.07) is 7.84. The smallest absolute Gasteiger partial charge is 0.332 e. The molecule has 1 unspecified atom stereocenters. The number of methoxy groups -OCH3 is 1. The van der Waals surface area contributed by atoms with Crippen LogP contribution in [0.2, 0.25) is 0 Å². The molecule has 0 N–H and O–H groups in total. The standard InChI is InChI=1S/C26H37N5O3/c1-5-6-7-8-9-10-11-16-29-24(32)22-23(28(3)26(29)33)27-25-30(17-19(2)18-31(22)25)20-12-14-21(34-4)15-13-20/h12-15,19H,5-11,16-18H2,1-4H3. The fraction of sp³-hybridized carbons (Fsp3) is 0.577. The average molecular weight is 468 g/mol. The molecular formula is C26H37N5O3. The van der Waals surface area contributed by atoms with E-state index in [1.165, 1.54) is 34.8 Å². The van der Waals surface area contributed by atoms with Crippen LogP contribution in [0.15, 0.2) is 33.9 Å². The monoisotopic (exact) mass is 467 g/mol. The summed E-state index contributed by atoms with van der Waals surface area (Å²) in [6.07, 6.45) is 7.99. The van der Waals surface area contributed by atoms with E-state index in [2.05, 4.69) is 18.7 Å². The van der Waals surface area contributed by atoms with E-state index in [9.17, 15) is 9.59 Å². The molecule has 1 aromatic carbocycles. The lowest BCUT2D eigenvalue weighted by atomic mass is 10.1. The molecular weight excluding hydrogens is 430 g/mol.